The van der Waals surface area contributed by atoms with Gasteiger partial charge in [-0.05, 0) is 24.5 Å². The SMILES string of the molecule is C=CCN1c2ccccc2[C@]23C[C@@H](C(=O)OC)N(C(=O)NCCC)C2=NC(C(=O)OC)=C(C(=O)OC)[C@H]13. The fourth-order valence-corrected chi connectivity index (χ4v) is 5.61. The van der Waals surface area contributed by atoms with Crippen LogP contribution in [0.25, 0.3) is 0 Å². The van der Waals surface area contributed by atoms with Gasteiger partial charge in [-0.3, -0.25) is 4.90 Å². The highest BCUT2D eigenvalue weighted by atomic mass is 16.5. The number of amides is 2. The van der Waals surface area contributed by atoms with Crippen LogP contribution in [-0.2, 0) is 34.0 Å². The predicted molar refractivity (Wildman–Crippen MR) is 134 cm³/mol. The molecule has 4 rings (SSSR count). The lowest BCUT2D eigenvalue weighted by atomic mass is 9.69. The van der Waals surface area contributed by atoms with E-state index in [9.17, 15) is 19.2 Å². The van der Waals surface area contributed by atoms with Crippen molar-refractivity contribution in [1.29, 1.82) is 0 Å². The summed E-state index contributed by atoms with van der Waals surface area (Å²) in [7, 11) is 3.63. The molecule has 0 saturated carbocycles. The maximum absolute atomic E-state index is 13.5. The molecule has 2 amide bonds. The van der Waals surface area contributed by atoms with Gasteiger partial charge in [0.25, 0.3) is 0 Å². The van der Waals surface area contributed by atoms with E-state index in [1.807, 2.05) is 36.1 Å². The van der Waals surface area contributed by atoms with Crippen molar-refractivity contribution in [2.75, 3.05) is 39.3 Å². The standard InChI is InChI=1S/C26H30N4O7/c1-6-12-27-25(34)30-17(21(31)35-3)14-26-15-10-8-9-11-16(15)29(13-7-2)20(26)18(22(32)36-4)19(23(33)37-5)28-24(26)30/h7-11,17,20H,2,6,12-14H2,1,3-5H3,(H,27,34)/t17-,20-,26-/m0/s1. The van der Waals surface area contributed by atoms with E-state index in [1.165, 1.54) is 26.2 Å². The number of nitrogens with one attached hydrogen (secondary N) is 1. The number of methoxy groups -OCH3 is 3. The van der Waals surface area contributed by atoms with Gasteiger partial charge in [-0.15, -0.1) is 6.58 Å². The Bertz CT molecular complexity index is 1220. The Morgan fingerprint density at radius 1 is 1.14 bits per heavy atom. The molecular weight excluding hydrogens is 480 g/mol. The number of rotatable bonds is 7. The summed E-state index contributed by atoms with van der Waals surface area (Å²) in [4.78, 5) is 60.6. The van der Waals surface area contributed by atoms with E-state index in [-0.39, 0.29) is 23.5 Å². The molecule has 3 aliphatic rings. The quantitative estimate of drug-likeness (QED) is 0.334. The van der Waals surface area contributed by atoms with Crippen molar-refractivity contribution in [3.05, 3.63) is 53.8 Å². The molecule has 1 spiro atoms. The number of carbonyl (C=O) groups is 4. The number of hydrogen-bond acceptors (Lipinski definition) is 9. The molecular formula is C26H30N4O7. The van der Waals surface area contributed by atoms with E-state index >= 15 is 0 Å². The molecule has 1 saturated heterocycles. The molecule has 0 bridgehead atoms. The monoisotopic (exact) mass is 510 g/mol. The number of esters is 3. The molecule has 37 heavy (non-hydrogen) atoms. The second kappa shape index (κ2) is 10.1. The minimum Gasteiger partial charge on any atom is -0.467 e. The van der Waals surface area contributed by atoms with Crippen LogP contribution in [0.15, 0.2) is 53.2 Å². The fraction of sp³-hybridized carbons (Fsp3) is 0.423. The van der Waals surface area contributed by atoms with Crippen molar-refractivity contribution in [3.8, 4) is 0 Å². The highest BCUT2D eigenvalue weighted by molar-refractivity contribution is 6.17. The van der Waals surface area contributed by atoms with Gasteiger partial charge in [-0.25, -0.2) is 24.2 Å². The molecule has 196 valence electrons. The third kappa shape index (κ3) is 3.76. The van der Waals surface area contributed by atoms with Gasteiger partial charge >= 0.3 is 23.9 Å². The fourth-order valence-electron chi connectivity index (χ4n) is 5.61. The van der Waals surface area contributed by atoms with Crippen LogP contribution in [0.1, 0.15) is 25.3 Å². The summed E-state index contributed by atoms with van der Waals surface area (Å²) in [5.41, 5.74) is 0.0576. The first kappa shape index (κ1) is 25.9. The summed E-state index contributed by atoms with van der Waals surface area (Å²) < 4.78 is 15.2. The number of ether oxygens (including phenoxy) is 3. The lowest BCUT2D eigenvalue weighted by Gasteiger charge is -2.40. The normalized spacial score (nSPS) is 23.4. The first-order chi connectivity index (χ1) is 17.8. The van der Waals surface area contributed by atoms with Crippen LogP contribution in [0.5, 0.6) is 0 Å². The number of nitrogens with zero attached hydrogens (tertiary/aromatic N) is 3. The van der Waals surface area contributed by atoms with Gasteiger partial charge in [0.05, 0.1) is 38.4 Å². The highest BCUT2D eigenvalue weighted by Crippen LogP contribution is 2.57. The molecule has 11 nitrogen and oxygen atoms in total. The first-order valence-corrected chi connectivity index (χ1v) is 11.9. The average Bonchev–Trinajstić information content (AvgIpc) is 3.41. The minimum absolute atomic E-state index is 0.0180. The number of carbonyl (C=O) groups excluding carboxylic acids is 4. The molecule has 11 heteroatoms. The molecule has 3 aliphatic heterocycles. The van der Waals surface area contributed by atoms with Crippen LogP contribution in [-0.4, -0.2) is 81.2 Å². The summed E-state index contributed by atoms with van der Waals surface area (Å²) >= 11 is 0. The smallest absolute Gasteiger partial charge is 0.357 e. The lowest BCUT2D eigenvalue weighted by molar-refractivity contribution is -0.144. The van der Waals surface area contributed by atoms with E-state index in [1.54, 1.807) is 6.08 Å². The van der Waals surface area contributed by atoms with Gasteiger partial charge in [0, 0.05) is 18.8 Å². The average molecular weight is 511 g/mol. The largest absolute Gasteiger partial charge is 0.467 e. The Labute approximate surface area is 214 Å². The molecule has 1 aromatic rings. The van der Waals surface area contributed by atoms with E-state index < -0.39 is 41.4 Å². The lowest BCUT2D eigenvalue weighted by Crippen LogP contribution is -2.57. The Morgan fingerprint density at radius 3 is 2.46 bits per heavy atom. The number of amidine groups is 1. The molecule has 0 radical (unpaired) electrons. The number of likely N-dealkylation sites (tertiary alicyclic amines) is 1. The van der Waals surface area contributed by atoms with Crippen LogP contribution in [0, 0.1) is 0 Å². The number of anilines is 1. The van der Waals surface area contributed by atoms with Crippen molar-refractivity contribution in [3.63, 3.8) is 0 Å². The van der Waals surface area contributed by atoms with Gasteiger partial charge in [0.1, 0.15) is 11.9 Å². The van der Waals surface area contributed by atoms with E-state index in [4.69, 9.17) is 14.2 Å². The zero-order valence-electron chi connectivity index (χ0n) is 21.3. The molecule has 1 N–H and O–H groups in total. The maximum Gasteiger partial charge on any atom is 0.357 e. The van der Waals surface area contributed by atoms with Crippen molar-refractivity contribution in [2.45, 2.75) is 37.3 Å². The van der Waals surface area contributed by atoms with Gasteiger partial charge in [-0.2, -0.15) is 0 Å². The van der Waals surface area contributed by atoms with Crippen LogP contribution < -0.4 is 10.2 Å². The molecule has 0 aliphatic carbocycles. The zero-order chi connectivity index (χ0) is 26.9. The number of aliphatic imine (C=N–C) groups is 1. The highest BCUT2D eigenvalue weighted by Gasteiger charge is 2.67. The third-order valence-corrected chi connectivity index (χ3v) is 7.00. The predicted octanol–water partition coefficient (Wildman–Crippen LogP) is 1.68. The van der Waals surface area contributed by atoms with Crippen LogP contribution >= 0.6 is 0 Å². The number of benzene rings is 1. The molecule has 3 atom stereocenters. The number of hydrogen-bond donors (Lipinski definition) is 1. The third-order valence-electron chi connectivity index (χ3n) is 7.00. The maximum atomic E-state index is 13.5. The summed E-state index contributed by atoms with van der Waals surface area (Å²) in [6.07, 6.45) is 2.41. The topological polar surface area (TPSA) is 127 Å². The second-order valence-corrected chi connectivity index (χ2v) is 8.86. The Hall–Kier alpha value is -4.15. The molecule has 0 unspecified atom stereocenters. The van der Waals surface area contributed by atoms with Gasteiger partial charge in [0.15, 0.2) is 5.70 Å². The van der Waals surface area contributed by atoms with Crippen LogP contribution in [0.3, 0.4) is 0 Å². The summed E-state index contributed by atoms with van der Waals surface area (Å²) in [5.74, 6) is -2.12. The minimum atomic E-state index is -1.15. The first-order valence-electron chi connectivity index (χ1n) is 11.9. The molecule has 1 fully saturated rings. The van der Waals surface area contributed by atoms with E-state index in [0.717, 1.165) is 11.3 Å². The summed E-state index contributed by atoms with van der Waals surface area (Å²) in [6, 6.07) is 4.98. The van der Waals surface area contributed by atoms with Crippen molar-refractivity contribution >= 4 is 35.5 Å². The van der Waals surface area contributed by atoms with Crippen LogP contribution in [0.4, 0.5) is 10.5 Å². The van der Waals surface area contributed by atoms with E-state index in [2.05, 4.69) is 16.9 Å². The van der Waals surface area contributed by atoms with Crippen LogP contribution in [0.2, 0.25) is 0 Å². The molecule has 3 heterocycles. The Balaban J connectivity index is 2.09. The molecule has 1 aromatic carbocycles. The number of para-hydroxylation sites is 1. The van der Waals surface area contributed by atoms with E-state index in [0.29, 0.717) is 19.5 Å². The summed E-state index contributed by atoms with van der Waals surface area (Å²) in [5, 5.41) is 2.80. The number of urea groups is 1. The van der Waals surface area contributed by atoms with Gasteiger partial charge in [-0.1, -0.05) is 31.2 Å². The summed E-state index contributed by atoms with van der Waals surface area (Å²) in [6.45, 7) is 6.43. The zero-order valence-corrected chi connectivity index (χ0v) is 21.3. The van der Waals surface area contributed by atoms with Crippen molar-refractivity contribution < 1.29 is 33.4 Å². The van der Waals surface area contributed by atoms with Gasteiger partial charge < -0.3 is 24.4 Å². The van der Waals surface area contributed by atoms with Crippen molar-refractivity contribution in [1.82, 2.24) is 10.2 Å². The van der Waals surface area contributed by atoms with Gasteiger partial charge in [0.2, 0.25) is 0 Å². The second-order valence-electron chi connectivity index (χ2n) is 8.86. The van der Waals surface area contributed by atoms with Crippen molar-refractivity contribution in [2.24, 2.45) is 4.99 Å². The Kier molecular flexibility index (Phi) is 7.06. The molecule has 0 aromatic heterocycles. The Morgan fingerprint density at radius 2 is 1.84 bits per heavy atom. The number of fused-ring (bicyclic) bond motifs is 1.